The molecule has 3 aliphatic carbocycles. The Balaban J connectivity index is 0.000000222. The second-order valence-corrected chi connectivity index (χ2v) is 11.8. The highest BCUT2D eigenvalue weighted by Gasteiger charge is 2.52. The largest absolute Gasteiger partial charge is 0.488 e. The van der Waals surface area contributed by atoms with Gasteiger partial charge in [-0.3, -0.25) is 0 Å². The Morgan fingerprint density at radius 1 is 0.760 bits per heavy atom. The molecule has 0 aliphatic heterocycles. The fourth-order valence-corrected chi connectivity index (χ4v) is 5.99. The Labute approximate surface area is 276 Å². The molecule has 0 N–H and O–H groups in total. The molecule has 3 aromatic rings. The van der Waals surface area contributed by atoms with Crippen molar-refractivity contribution in [3.8, 4) is 23.3 Å². The summed E-state index contributed by atoms with van der Waals surface area (Å²) in [5, 5.41) is 8.83. The highest BCUT2D eigenvalue weighted by molar-refractivity contribution is 5.53. The van der Waals surface area contributed by atoms with Gasteiger partial charge in [-0.25, -0.2) is 40.7 Å². The van der Waals surface area contributed by atoms with Gasteiger partial charge in [-0.05, 0) is 23.3 Å². The van der Waals surface area contributed by atoms with Crippen LogP contribution >= 0.6 is 0 Å². The number of pyridine rings is 2. The van der Waals surface area contributed by atoms with Gasteiger partial charge in [0.15, 0.2) is 18.1 Å². The summed E-state index contributed by atoms with van der Waals surface area (Å²) in [4.78, 5) is 6.48. The SMILES string of the molecule is C.C[C@H]1c2c(C(F)(F)F)ncc(OC3CC(F)(F)C3)c2[C@@H](F)[C@H]1F.C[C@H]1c2c(C(F)(F)F)ncc(Oc3cc(F)cc(C#N)c3)c2[C@@H](F)[C@H]1F. The fraction of sp³-hybridized carbons (Fsp3) is 0.469. The molecule has 18 heteroatoms. The van der Waals surface area contributed by atoms with Gasteiger partial charge in [-0.1, -0.05) is 21.3 Å². The van der Waals surface area contributed by atoms with E-state index in [4.69, 9.17) is 14.7 Å². The quantitative estimate of drug-likeness (QED) is 0.250. The van der Waals surface area contributed by atoms with Gasteiger partial charge in [-0.15, -0.1) is 0 Å². The average Bonchev–Trinajstić information content (AvgIpc) is 3.35. The summed E-state index contributed by atoms with van der Waals surface area (Å²) in [5.41, 5.74) is -5.24. The van der Waals surface area contributed by atoms with Gasteiger partial charge in [0.05, 0.1) is 24.0 Å². The summed E-state index contributed by atoms with van der Waals surface area (Å²) in [7, 11) is 0. The minimum absolute atomic E-state index is 0. The van der Waals surface area contributed by atoms with E-state index >= 15 is 0 Å². The maximum absolute atomic E-state index is 14.3. The maximum atomic E-state index is 14.3. The molecule has 3 aliphatic rings. The molecule has 6 rings (SSSR count). The number of nitriles is 1. The number of rotatable bonds is 4. The van der Waals surface area contributed by atoms with Crippen LogP contribution in [0.3, 0.4) is 0 Å². The number of nitrogens with zero attached hydrogens (tertiary/aromatic N) is 3. The maximum Gasteiger partial charge on any atom is 0.433 e. The van der Waals surface area contributed by atoms with E-state index in [0.29, 0.717) is 12.4 Å². The third-order valence-electron chi connectivity index (χ3n) is 8.33. The minimum atomic E-state index is -4.90. The molecule has 1 saturated carbocycles. The standard InChI is InChI=1S/C17H10F6N2O.C14H12F7NO.CH4/c1-7-12-13(15(20)14(7)19)11(6-25-16(12)17(21,22)23)26-10-3-8(5-24)2-9(18)4-10;1-5-8-9(11(16)10(5)15)7(4-22-12(8)14(19,20)21)23-6-2-13(17,18)3-6;/h2-4,6-7,14-15H,1H3;4-6,10-11H,2-3H2,1H3;1H4/t7-,14-,15+;5-,10-,11+;/m00./s1. The number of hydrogen-bond acceptors (Lipinski definition) is 5. The summed E-state index contributed by atoms with van der Waals surface area (Å²) in [6.45, 7) is 2.25. The number of benzene rings is 1. The summed E-state index contributed by atoms with van der Waals surface area (Å²) in [6, 6.07) is 4.58. The zero-order chi connectivity index (χ0) is 36.4. The highest BCUT2D eigenvalue weighted by atomic mass is 19.4. The smallest absolute Gasteiger partial charge is 0.433 e. The zero-order valence-corrected chi connectivity index (χ0v) is 24.9. The van der Waals surface area contributed by atoms with E-state index in [2.05, 4.69) is 9.97 Å². The van der Waals surface area contributed by atoms with E-state index in [1.807, 2.05) is 0 Å². The number of fused-ring (bicyclic) bond motifs is 2. The lowest BCUT2D eigenvalue weighted by atomic mass is 9.91. The van der Waals surface area contributed by atoms with Crippen LogP contribution in [-0.4, -0.2) is 34.3 Å². The van der Waals surface area contributed by atoms with Crippen LogP contribution in [0.4, 0.5) is 57.1 Å². The lowest BCUT2D eigenvalue weighted by molar-refractivity contribution is -0.143. The van der Waals surface area contributed by atoms with Crippen molar-refractivity contribution < 1.29 is 66.5 Å². The lowest BCUT2D eigenvalue weighted by Gasteiger charge is -2.35. The van der Waals surface area contributed by atoms with Crippen LogP contribution in [0.5, 0.6) is 17.2 Å². The van der Waals surface area contributed by atoms with Crippen molar-refractivity contribution >= 4 is 0 Å². The Hall–Kier alpha value is -4.30. The van der Waals surface area contributed by atoms with Crippen LogP contribution in [0.15, 0.2) is 30.6 Å². The van der Waals surface area contributed by atoms with Crippen molar-refractivity contribution in [2.75, 3.05) is 0 Å². The summed E-state index contributed by atoms with van der Waals surface area (Å²) in [5.74, 6) is -7.56. The van der Waals surface area contributed by atoms with Crippen LogP contribution in [0.2, 0.25) is 0 Å². The van der Waals surface area contributed by atoms with Crippen molar-refractivity contribution in [1.29, 1.82) is 5.26 Å². The predicted molar refractivity (Wildman–Crippen MR) is 149 cm³/mol. The molecule has 1 fully saturated rings. The van der Waals surface area contributed by atoms with E-state index in [0.717, 1.165) is 32.0 Å². The Morgan fingerprint density at radius 2 is 1.22 bits per heavy atom. The van der Waals surface area contributed by atoms with Crippen molar-refractivity contribution in [3.63, 3.8) is 0 Å². The predicted octanol–water partition coefficient (Wildman–Crippen LogP) is 10.7. The topological polar surface area (TPSA) is 68.0 Å². The first kappa shape index (κ1) is 38.5. The van der Waals surface area contributed by atoms with Crippen molar-refractivity contribution in [3.05, 3.63) is 75.6 Å². The highest BCUT2D eigenvalue weighted by Crippen LogP contribution is 2.54. The van der Waals surface area contributed by atoms with Crippen molar-refractivity contribution in [2.45, 2.75) is 95.0 Å². The number of halogens is 13. The zero-order valence-electron chi connectivity index (χ0n) is 24.9. The molecule has 0 spiro atoms. The molecular weight excluding hydrogens is 705 g/mol. The van der Waals surface area contributed by atoms with Gasteiger partial charge < -0.3 is 9.47 Å². The van der Waals surface area contributed by atoms with Crippen molar-refractivity contribution in [2.24, 2.45) is 0 Å². The Morgan fingerprint density at radius 3 is 1.66 bits per heavy atom. The van der Waals surface area contributed by atoms with Gasteiger partial charge >= 0.3 is 12.4 Å². The van der Waals surface area contributed by atoms with Gasteiger partial charge in [0.2, 0.25) is 0 Å². The Kier molecular flexibility index (Phi) is 10.3. The first-order valence-corrected chi connectivity index (χ1v) is 14.3. The van der Waals surface area contributed by atoms with E-state index in [1.165, 1.54) is 0 Å². The van der Waals surface area contributed by atoms with E-state index in [-0.39, 0.29) is 18.7 Å². The minimum Gasteiger partial charge on any atom is -0.488 e. The molecular formula is C32H26F13N3O2. The van der Waals surface area contributed by atoms with Gasteiger partial charge in [0.1, 0.15) is 47.2 Å². The number of hydrogen-bond donors (Lipinski definition) is 0. The molecule has 272 valence electrons. The molecule has 5 nitrogen and oxygen atoms in total. The lowest BCUT2D eigenvalue weighted by Crippen LogP contribution is -2.43. The van der Waals surface area contributed by atoms with Crippen LogP contribution in [-0.2, 0) is 12.4 Å². The Bertz CT molecular complexity index is 1780. The van der Waals surface area contributed by atoms with Gasteiger partial charge in [-0.2, -0.15) is 31.6 Å². The fourth-order valence-electron chi connectivity index (χ4n) is 5.99. The van der Waals surface area contributed by atoms with E-state index in [1.54, 1.807) is 6.07 Å². The van der Waals surface area contributed by atoms with Crippen LogP contribution in [0.1, 0.15) is 97.5 Å². The average molecular weight is 732 g/mol. The van der Waals surface area contributed by atoms with Gasteiger partial charge in [0.25, 0.3) is 5.92 Å². The number of ether oxygens (including phenoxy) is 2. The molecule has 50 heavy (non-hydrogen) atoms. The molecule has 1 aromatic carbocycles. The summed E-state index contributed by atoms with van der Waals surface area (Å²) >= 11 is 0. The van der Waals surface area contributed by atoms with Crippen molar-refractivity contribution in [1.82, 2.24) is 9.97 Å². The number of alkyl halides is 12. The summed E-state index contributed by atoms with van der Waals surface area (Å²) < 4.78 is 184. The summed E-state index contributed by atoms with van der Waals surface area (Å²) in [6.07, 6.45) is -19.7. The monoisotopic (exact) mass is 731 g/mol. The van der Waals surface area contributed by atoms with E-state index < -0.39 is 125 Å². The third-order valence-corrected chi connectivity index (χ3v) is 8.33. The molecule has 2 aromatic heterocycles. The molecule has 0 bridgehead atoms. The number of aromatic nitrogens is 2. The second kappa shape index (κ2) is 13.4. The molecule has 0 radical (unpaired) electrons. The van der Waals surface area contributed by atoms with Gasteiger partial charge in [0, 0.05) is 41.9 Å². The molecule has 0 amide bonds. The molecule has 0 saturated heterocycles. The molecule has 6 atom stereocenters. The van der Waals surface area contributed by atoms with Crippen LogP contribution in [0, 0.1) is 17.1 Å². The van der Waals surface area contributed by atoms with E-state index in [9.17, 15) is 57.1 Å². The van der Waals surface area contributed by atoms with Crippen LogP contribution in [0.25, 0.3) is 0 Å². The first-order valence-electron chi connectivity index (χ1n) is 14.3. The first-order chi connectivity index (χ1) is 22.6. The molecule has 0 unspecified atom stereocenters. The second-order valence-electron chi connectivity index (χ2n) is 11.8. The van der Waals surface area contributed by atoms with Crippen LogP contribution < -0.4 is 9.47 Å². The normalized spacial score (nSPS) is 25.2. The third kappa shape index (κ3) is 7.13. The molecule has 2 heterocycles.